The van der Waals surface area contributed by atoms with E-state index in [2.05, 4.69) is 0 Å². The highest BCUT2D eigenvalue weighted by Gasteiger charge is 2.30. The maximum absolute atomic E-state index is 11.3. The number of sulfonamides is 1. The van der Waals surface area contributed by atoms with Gasteiger partial charge in [0.15, 0.2) is 0 Å². The highest BCUT2D eigenvalue weighted by molar-refractivity contribution is 7.88. The standard InChI is InChI=1S/C8H17NO3S/c1-13(11,12)9(6-3-7-10)8-4-2-5-8/h8,10H,2-7H2,1H3. The number of hydrogen-bond donors (Lipinski definition) is 1. The number of rotatable bonds is 5. The van der Waals surface area contributed by atoms with Crippen LogP contribution in [0.4, 0.5) is 0 Å². The minimum absolute atomic E-state index is 0.0543. The van der Waals surface area contributed by atoms with Crippen molar-refractivity contribution in [2.24, 2.45) is 0 Å². The third kappa shape index (κ3) is 2.93. The van der Waals surface area contributed by atoms with Crippen LogP contribution < -0.4 is 0 Å². The molecule has 0 aliphatic heterocycles. The Morgan fingerprint density at radius 3 is 2.38 bits per heavy atom. The molecule has 78 valence electrons. The van der Waals surface area contributed by atoms with Crippen molar-refractivity contribution < 1.29 is 13.5 Å². The second-order valence-corrected chi connectivity index (χ2v) is 5.47. The van der Waals surface area contributed by atoms with E-state index in [-0.39, 0.29) is 12.6 Å². The maximum atomic E-state index is 11.3. The Kier molecular flexibility index (Phi) is 3.70. The molecule has 1 saturated carbocycles. The zero-order valence-electron chi connectivity index (χ0n) is 7.94. The fraction of sp³-hybridized carbons (Fsp3) is 1.00. The van der Waals surface area contributed by atoms with Gasteiger partial charge in [0.1, 0.15) is 0 Å². The Bertz CT molecular complexity index is 246. The second-order valence-electron chi connectivity index (χ2n) is 3.54. The fourth-order valence-electron chi connectivity index (χ4n) is 1.52. The van der Waals surface area contributed by atoms with Gasteiger partial charge in [-0.05, 0) is 19.3 Å². The van der Waals surface area contributed by atoms with Crippen LogP contribution in [0.2, 0.25) is 0 Å². The lowest BCUT2D eigenvalue weighted by atomic mass is 9.93. The van der Waals surface area contributed by atoms with Gasteiger partial charge in [0.25, 0.3) is 0 Å². The first-order valence-electron chi connectivity index (χ1n) is 4.63. The van der Waals surface area contributed by atoms with Crippen molar-refractivity contribution >= 4 is 10.0 Å². The van der Waals surface area contributed by atoms with E-state index < -0.39 is 10.0 Å². The third-order valence-electron chi connectivity index (χ3n) is 2.44. The Hall–Kier alpha value is -0.130. The predicted molar refractivity (Wildman–Crippen MR) is 50.9 cm³/mol. The van der Waals surface area contributed by atoms with Crippen molar-refractivity contribution in [1.82, 2.24) is 4.31 Å². The molecule has 5 heteroatoms. The molecule has 0 unspecified atom stereocenters. The SMILES string of the molecule is CS(=O)(=O)N(CCCO)C1CCC1. The lowest BCUT2D eigenvalue weighted by molar-refractivity contribution is 0.199. The van der Waals surface area contributed by atoms with Crippen LogP contribution in [0, 0.1) is 0 Å². The van der Waals surface area contributed by atoms with Crippen LogP contribution in [0.15, 0.2) is 0 Å². The first-order valence-corrected chi connectivity index (χ1v) is 6.48. The first kappa shape index (κ1) is 10.9. The van der Waals surface area contributed by atoms with Crippen LogP contribution in [0.3, 0.4) is 0 Å². The van der Waals surface area contributed by atoms with Crippen LogP contribution in [0.5, 0.6) is 0 Å². The molecule has 0 aromatic carbocycles. The molecule has 1 aliphatic carbocycles. The van der Waals surface area contributed by atoms with Crippen molar-refractivity contribution in [2.75, 3.05) is 19.4 Å². The molecule has 0 bridgehead atoms. The van der Waals surface area contributed by atoms with Gasteiger partial charge in [0.05, 0.1) is 6.26 Å². The van der Waals surface area contributed by atoms with E-state index in [1.807, 2.05) is 0 Å². The average molecular weight is 207 g/mol. The fourth-order valence-corrected chi connectivity index (χ4v) is 2.73. The Balaban J connectivity index is 2.53. The molecule has 0 amide bonds. The molecule has 1 fully saturated rings. The number of hydrogen-bond acceptors (Lipinski definition) is 3. The lowest BCUT2D eigenvalue weighted by Crippen LogP contribution is -2.44. The highest BCUT2D eigenvalue weighted by Crippen LogP contribution is 2.26. The van der Waals surface area contributed by atoms with Crippen LogP contribution >= 0.6 is 0 Å². The van der Waals surface area contributed by atoms with Gasteiger partial charge in [-0.15, -0.1) is 0 Å². The molecule has 1 aliphatic rings. The molecule has 0 saturated heterocycles. The van der Waals surface area contributed by atoms with E-state index in [9.17, 15) is 8.42 Å². The second kappa shape index (κ2) is 4.39. The lowest BCUT2D eigenvalue weighted by Gasteiger charge is -2.35. The number of aliphatic hydroxyl groups excluding tert-OH is 1. The van der Waals surface area contributed by atoms with E-state index >= 15 is 0 Å². The summed E-state index contributed by atoms with van der Waals surface area (Å²) < 4.78 is 24.2. The molecule has 1 rings (SSSR count). The third-order valence-corrected chi connectivity index (χ3v) is 3.78. The van der Waals surface area contributed by atoms with Crippen molar-refractivity contribution in [3.8, 4) is 0 Å². The molecule has 0 spiro atoms. The summed E-state index contributed by atoms with van der Waals surface area (Å²) in [6.07, 6.45) is 4.83. The van der Waals surface area contributed by atoms with Crippen molar-refractivity contribution in [3.05, 3.63) is 0 Å². The molecule has 13 heavy (non-hydrogen) atoms. The predicted octanol–water partition coefficient (Wildman–Crippen LogP) is 0.183. The Morgan fingerprint density at radius 1 is 1.46 bits per heavy atom. The molecule has 0 atom stereocenters. The molecule has 4 nitrogen and oxygen atoms in total. The molecule has 1 N–H and O–H groups in total. The highest BCUT2D eigenvalue weighted by atomic mass is 32.2. The first-order chi connectivity index (χ1) is 6.05. The minimum atomic E-state index is -3.08. The minimum Gasteiger partial charge on any atom is -0.396 e. The summed E-state index contributed by atoms with van der Waals surface area (Å²) in [5.41, 5.74) is 0. The van der Waals surface area contributed by atoms with E-state index in [1.165, 1.54) is 10.6 Å². The van der Waals surface area contributed by atoms with Crippen LogP contribution in [-0.4, -0.2) is 43.3 Å². The summed E-state index contributed by atoms with van der Waals surface area (Å²) in [4.78, 5) is 0. The van der Waals surface area contributed by atoms with Crippen LogP contribution in [0.1, 0.15) is 25.7 Å². The van der Waals surface area contributed by atoms with Gasteiger partial charge in [-0.25, -0.2) is 8.42 Å². The zero-order chi connectivity index (χ0) is 9.90. The Morgan fingerprint density at radius 2 is 2.08 bits per heavy atom. The van der Waals surface area contributed by atoms with Gasteiger partial charge in [0.2, 0.25) is 10.0 Å². The maximum Gasteiger partial charge on any atom is 0.211 e. The molecule has 0 radical (unpaired) electrons. The van der Waals surface area contributed by atoms with E-state index in [0.717, 1.165) is 19.3 Å². The normalized spacial score (nSPS) is 19.0. The number of nitrogens with zero attached hydrogens (tertiary/aromatic N) is 1. The number of aliphatic hydroxyl groups is 1. The van der Waals surface area contributed by atoms with Gasteiger partial charge in [0, 0.05) is 19.2 Å². The average Bonchev–Trinajstić information content (AvgIpc) is 1.91. The Labute approximate surface area is 79.6 Å². The smallest absolute Gasteiger partial charge is 0.211 e. The summed E-state index contributed by atoms with van der Waals surface area (Å²) >= 11 is 0. The topological polar surface area (TPSA) is 57.6 Å². The van der Waals surface area contributed by atoms with Gasteiger partial charge < -0.3 is 5.11 Å². The molecule has 0 aromatic rings. The van der Waals surface area contributed by atoms with Crippen molar-refractivity contribution in [3.63, 3.8) is 0 Å². The summed E-state index contributed by atoms with van der Waals surface area (Å²) in [6, 6.07) is 0.196. The van der Waals surface area contributed by atoms with E-state index in [0.29, 0.717) is 13.0 Å². The quantitative estimate of drug-likeness (QED) is 0.700. The monoisotopic (exact) mass is 207 g/mol. The zero-order valence-corrected chi connectivity index (χ0v) is 8.76. The van der Waals surface area contributed by atoms with Crippen molar-refractivity contribution in [2.45, 2.75) is 31.7 Å². The largest absolute Gasteiger partial charge is 0.396 e. The van der Waals surface area contributed by atoms with E-state index in [4.69, 9.17) is 5.11 Å². The molecule has 0 aromatic heterocycles. The summed E-state index contributed by atoms with van der Waals surface area (Å²) in [5.74, 6) is 0. The van der Waals surface area contributed by atoms with Gasteiger partial charge in [-0.1, -0.05) is 6.42 Å². The molecular formula is C8H17NO3S. The van der Waals surface area contributed by atoms with Gasteiger partial charge in [-0.3, -0.25) is 0 Å². The summed E-state index contributed by atoms with van der Waals surface area (Å²) in [7, 11) is -3.08. The summed E-state index contributed by atoms with van der Waals surface area (Å²) in [5, 5.41) is 8.63. The summed E-state index contributed by atoms with van der Waals surface area (Å²) in [6.45, 7) is 0.513. The van der Waals surface area contributed by atoms with Gasteiger partial charge >= 0.3 is 0 Å². The molecule has 0 heterocycles. The van der Waals surface area contributed by atoms with Gasteiger partial charge in [-0.2, -0.15) is 4.31 Å². The molecular weight excluding hydrogens is 190 g/mol. The van der Waals surface area contributed by atoms with Crippen LogP contribution in [0.25, 0.3) is 0 Å². The van der Waals surface area contributed by atoms with Crippen LogP contribution in [-0.2, 0) is 10.0 Å². The van der Waals surface area contributed by atoms with Crippen molar-refractivity contribution in [1.29, 1.82) is 0 Å². The van der Waals surface area contributed by atoms with E-state index in [1.54, 1.807) is 0 Å².